The molecule has 0 radical (unpaired) electrons. The van der Waals surface area contributed by atoms with Crippen molar-refractivity contribution < 1.29 is 19.1 Å². The van der Waals surface area contributed by atoms with Crippen LogP contribution in [0, 0.1) is 0 Å². The molecule has 5 heterocycles. The van der Waals surface area contributed by atoms with E-state index >= 15 is 0 Å². The number of nitrogens with zero attached hydrogens (tertiary/aromatic N) is 9. The number of carbonyl (C=O) groups excluding carboxylic acids is 3. The predicted molar refractivity (Wildman–Crippen MR) is 232 cm³/mol. The highest BCUT2D eigenvalue weighted by atomic mass is 16.5. The molecule has 1 spiro atoms. The normalized spacial score (nSPS) is 13.2. The maximum absolute atomic E-state index is 14.5. The van der Waals surface area contributed by atoms with Crippen molar-refractivity contribution in [3.8, 4) is 34.5 Å². The minimum absolute atomic E-state index is 0.0494. The summed E-state index contributed by atoms with van der Waals surface area (Å²) in [7, 11) is 0. The lowest BCUT2D eigenvalue weighted by Crippen LogP contribution is -2.50. The average Bonchev–Trinajstić information content (AvgIpc) is 3.54. The van der Waals surface area contributed by atoms with E-state index in [1.54, 1.807) is 30.5 Å². The highest BCUT2D eigenvalue weighted by Gasteiger charge is 2.56. The number of ether oxygens (including phenoxy) is 1. The molecule has 3 amide bonds. The summed E-state index contributed by atoms with van der Waals surface area (Å²) in [6.45, 7) is 12.2. The third-order valence-electron chi connectivity index (χ3n) is 11.3. The Morgan fingerprint density at radius 1 is 0.672 bits per heavy atom. The van der Waals surface area contributed by atoms with Crippen molar-refractivity contribution in [2.24, 2.45) is 0 Å². The third-order valence-corrected chi connectivity index (χ3v) is 11.3. The first-order valence-electron chi connectivity index (χ1n) is 20.7. The molecule has 0 atom stereocenters. The molecule has 15 heteroatoms. The summed E-state index contributed by atoms with van der Waals surface area (Å²) in [5.74, 6) is 1.08. The summed E-state index contributed by atoms with van der Waals surface area (Å²) in [5, 5.41) is 22.2. The molecule has 2 aliphatic rings. The molecule has 0 aliphatic carbocycles. The summed E-state index contributed by atoms with van der Waals surface area (Å²) < 4.78 is 6.79. The zero-order valence-corrected chi connectivity index (χ0v) is 34.6. The van der Waals surface area contributed by atoms with Crippen LogP contribution in [-0.4, -0.2) is 92.3 Å². The largest absolute Gasteiger partial charge is 0.456 e. The second kappa shape index (κ2) is 17.5. The van der Waals surface area contributed by atoms with Crippen LogP contribution in [0.1, 0.15) is 67.6 Å². The topological polar surface area (TPSA) is 172 Å². The molecule has 0 saturated heterocycles. The van der Waals surface area contributed by atoms with Gasteiger partial charge in [0.1, 0.15) is 28.4 Å². The van der Waals surface area contributed by atoms with Gasteiger partial charge in [0.05, 0.1) is 11.9 Å². The molecule has 61 heavy (non-hydrogen) atoms. The highest BCUT2D eigenvalue weighted by molar-refractivity contribution is 6.02. The van der Waals surface area contributed by atoms with Crippen LogP contribution in [0.15, 0.2) is 103 Å². The van der Waals surface area contributed by atoms with Crippen molar-refractivity contribution >= 4 is 34.8 Å². The smallest absolute Gasteiger partial charge is 0.255 e. The van der Waals surface area contributed by atoms with Crippen molar-refractivity contribution in [3.05, 3.63) is 126 Å². The highest BCUT2D eigenvalue weighted by Crippen LogP contribution is 2.58. The number of amides is 3. The average molecular weight is 818 g/mol. The quantitative estimate of drug-likeness (QED) is 0.116. The number of carbonyl (C=O) groups is 3. The first-order chi connectivity index (χ1) is 29.8. The molecule has 6 aromatic rings. The molecule has 0 saturated carbocycles. The van der Waals surface area contributed by atoms with E-state index in [0.717, 1.165) is 54.2 Å². The van der Waals surface area contributed by atoms with Gasteiger partial charge in [-0.05, 0) is 75.7 Å². The fraction of sp³-hybridized carbons (Fsp3) is 0.283. The summed E-state index contributed by atoms with van der Waals surface area (Å²) in [6, 6.07) is 28.9. The number of anilines is 3. The molecular weight excluding hydrogens is 771 g/mol. The van der Waals surface area contributed by atoms with E-state index in [1.165, 1.54) is 6.20 Å². The van der Waals surface area contributed by atoms with Gasteiger partial charge >= 0.3 is 0 Å². The number of fused-ring (bicyclic) bond motifs is 6. The molecule has 3 aromatic carbocycles. The Morgan fingerprint density at radius 3 is 1.84 bits per heavy atom. The molecular formula is C46H47N11O4. The molecule has 0 bridgehead atoms. The van der Waals surface area contributed by atoms with E-state index in [-0.39, 0.29) is 49.5 Å². The molecule has 310 valence electrons. The van der Waals surface area contributed by atoms with Gasteiger partial charge in [0, 0.05) is 98.5 Å². The monoisotopic (exact) mass is 817 g/mol. The number of aromatic nitrogens is 6. The van der Waals surface area contributed by atoms with Crippen molar-refractivity contribution in [2.75, 3.05) is 54.4 Å². The molecule has 2 aliphatic heterocycles. The Kier molecular flexibility index (Phi) is 11.6. The molecule has 15 nitrogen and oxygen atoms in total. The van der Waals surface area contributed by atoms with Crippen molar-refractivity contribution in [1.82, 2.24) is 40.6 Å². The van der Waals surface area contributed by atoms with E-state index in [2.05, 4.69) is 115 Å². The van der Waals surface area contributed by atoms with E-state index in [9.17, 15) is 14.4 Å². The standard InChI is InChI=1S/C46H47N11O4/c1-5-55(6-2)31-17-19-35-39(27-31)61-40-28-32(56(7-3)8-4)18-20-36(40)46(35)34-14-10-9-13-33(34)45(60)57(46)26-25-48-41(58)22-23-42(59)50-30-16-21-38(49-29-30)44-53-51-43(52-54-44)37-15-11-12-24-47-37/h9-21,24,27-29H,5-8,22-23,25-26H2,1-4H3,(H,48,58)(H,50,59). The van der Waals surface area contributed by atoms with Gasteiger partial charge in [0.2, 0.25) is 23.5 Å². The third kappa shape index (κ3) is 7.70. The van der Waals surface area contributed by atoms with Gasteiger partial charge in [-0.15, -0.1) is 20.4 Å². The van der Waals surface area contributed by atoms with Crippen LogP contribution in [0.3, 0.4) is 0 Å². The van der Waals surface area contributed by atoms with Gasteiger partial charge in [-0.25, -0.2) is 0 Å². The molecule has 3 aromatic heterocycles. The van der Waals surface area contributed by atoms with Crippen LogP contribution < -0.4 is 25.2 Å². The lowest BCUT2D eigenvalue weighted by Gasteiger charge is -2.45. The summed E-state index contributed by atoms with van der Waals surface area (Å²) >= 11 is 0. The minimum atomic E-state index is -1.02. The molecule has 2 N–H and O–H groups in total. The van der Waals surface area contributed by atoms with Crippen molar-refractivity contribution in [3.63, 3.8) is 0 Å². The van der Waals surface area contributed by atoms with Gasteiger partial charge in [-0.1, -0.05) is 36.4 Å². The molecule has 8 rings (SSSR count). The number of pyridine rings is 2. The zero-order valence-electron chi connectivity index (χ0n) is 34.6. The number of hydrogen-bond acceptors (Lipinski definition) is 12. The Hall–Kier alpha value is -7.29. The number of nitrogens with one attached hydrogen (secondary N) is 2. The van der Waals surface area contributed by atoms with Crippen molar-refractivity contribution in [1.29, 1.82) is 0 Å². The maximum Gasteiger partial charge on any atom is 0.255 e. The van der Waals surface area contributed by atoms with Gasteiger partial charge < -0.3 is 30.1 Å². The van der Waals surface area contributed by atoms with E-state index in [4.69, 9.17) is 4.74 Å². The van der Waals surface area contributed by atoms with Gasteiger partial charge in [0.25, 0.3) is 5.91 Å². The zero-order chi connectivity index (χ0) is 42.5. The fourth-order valence-electron chi connectivity index (χ4n) is 8.28. The molecule has 0 unspecified atom stereocenters. The summed E-state index contributed by atoms with van der Waals surface area (Å²) in [4.78, 5) is 55.6. The van der Waals surface area contributed by atoms with Crippen LogP contribution in [0.2, 0.25) is 0 Å². The van der Waals surface area contributed by atoms with Crippen LogP contribution in [0.4, 0.5) is 17.1 Å². The second-order valence-electron chi connectivity index (χ2n) is 14.6. The Labute approximate surface area is 354 Å². The summed E-state index contributed by atoms with van der Waals surface area (Å²) in [6.07, 6.45) is 3.01. The fourth-order valence-corrected chi connectivity index (χ4v) is 8.28. The van der Waals surface area contributed by atoms with Gasteiger partial charge in [-0.3, -0.25) is 24.4 Å². The first-order valence-corrected chi connectivity index (χ1v) is 20.7. The minimum Gasteiger partial charge on any atom is -0.456 e. The Bertz CT molecular complexity index is 2480. The van der Waals surface area contributed by atoms with Crippen LogP contribution in [0.25, 0.3) is 23.0 Å². The van der Waals surface area contributed by atoms with Crippen LogP contribution in [0.5, 0.6) is 11.5 Å². The lowest BCUT2D eigenvalue weighted by atomic mass is 9.74. The second-order valence-corrected chi connectivity index (χ2v) is 14.6. The Morgan fingerprint density at radius 2 is 1.26 bits per heavy atom. The number of hydrogen-bond donors (Lipinski definition) is 2. The van der Waals surface area contributed by atoms with Crippen LogP contribution in [-0.2, 0) is 15.1 Å². The summed E-state index contributed by atoms with van der Waals surface area (Å²) in [5.41, 5.74) is 5.65. The van der Waals surface area contributed by atoms with E-state index in [0.29, 0.717) is 40.0 Å². The lowest BCUT2D eigenvalue weighted by molar-refractivity contribution is -0.124. The van der Waals surface area contributed by atoms with Gasteiger partial charge in [-0.2, -0.15) is 0 Å². The first kappa shape index (κ1) is 40.5. The van der Waals surface area contributed by atoms with Gasteiger partial charge in [0.15, 0.2) is 0 Å². The Balaban J connectivity index is 0.967. The number of benzene rings is 3. The molecule has 0 fully saturated rings. The van der Waals surface area contributed by atoms with E-state index < -0.39 is 5.54 Å². The predicted octanol–water partition coefficient (Wildman–Crippen LogP) is 6.47. The van der Waals surface area contributed by atoms with Crippen molar-refractivity contribution in [2.45, 2.75) is 46.1 Å². The van der Waals surface area contributed by atoms with E-state index in [1.807, 2.05) is 35.2 Å². The number of rotatable bonds is 15. The maximum atomic E-state index is 14.5. The SMILES string of the molecule is CCN(CC)c1ccc2c(c1)Oc1cc(N(CC)CC)ccc1C21c2ccccc2C(=O)N1CCNC(=O)CCC(=O)Nc1ccc(-c2nnc(-c3ccccn3)nn2)nc1. The van der Waals surface area contributed by atoms with Crippen LogP contribution >= 0.6 is 0 Å².